The largest absolute Gasteiger partial charge is 0.300 e. The molecule has 126 valence electrons. The minimum atomic E-state index is 0.179. The Bertz CT molecular complexity index is 625. The second-order valence-electron chi connectivity index (χ2n) is 6.11. The fourth-order valence-corrected chi connectivity index (χ4v) is 3.78. The first-order valence-corrected chi connectivity index (χ1v) is 9.50. The highest BCUT2D eigenvalue weighted by Crippen LogP contribution is 2.13. The van der Waals surface area contributed by atoms with Gasteiger partial charge in [0.2, 0.25) is 5.12 Å². The normalized spacial score (nSPS) is 16.2. The zero-order chi connectivity index (χ0) is 16.6. The summed E-state index contributed by atoms with van der Waals surface area (Å²) in [5.41, 5.74) is 2.19. The van der Waals surface area contributed by atoms with Gasteiger partial charge >= 0.3 is 0 Å². The van der Waals surface area contributed by atoms with Crippen LogP contribution in [-0.4, -0.2) is 53.4 Å². The molecule has 0 atom stereocenters. The second kappa shape index (κ2) is 9.02. The van der Waals surface area contributed by atoms with E-state index in [4.69, 9.17) is 0 Å². The predicted octanol–water partition coefficient (Wildman–Crippen LogP) is 3.38. The highest BCUT2D eigenvalue weighted by Gasteiger charge is 2.17. The smallest absolute Gasteiger partial charge is 0.219 e. The molecule has 2 aromatic carbocycles. The molecule has 0 bridgehead atoms. The van der Waals surface area contributed by atoms with Gasteiger partial charge in [0.15, 0.2) is 0 Å². The van der Waals surface area contributed by atoms with Gasteiger partial charge in [0, 0.05) is 50.6 Å². The lowest BCUT2D eigenvalue weighted by Crippen LogP contribution is -2.46. The third kappa shape index (κ3) is 5.20. The van der Waals surface area contributed by atoms with Crippen molar-refractivity contribution in [1.82, 2.24) is 9.80 Å². The molecule has 0 N–H and O–H groups in total. The Morgan fingerprint density at radius 2 is 1.42 bits per heavy atom. The molecule has 0 aliphatic carbocycles. The average molecular weight is 340 g/mol. The van der Waals surface area contributed by atoms with Crippen LogP contribution in [0.15, 0.2) is 60.7 Å². The van der Waals surface area contributed by atoms with Crippen LogP contribution in [0.2, 0.25) is 0 Å². The van der Waals surface area contributed by atoms with E-state index in [2.05, 4.69) is 40.1 Å². The summed E-state index contributed by atoms with van der Waals surface area (Å²) in [7, 11) is 0. The predicted molar refractivity (Wildman–Crippen MR) is 101 cm³/mol. The van der Waals surface area contributed by atoms with E-state index in [-0.39, 0.29) is 5.12 Å². The van der Waals surface area contributed by atoms with Crippen LogP contribution < -0.4 is 0 Å². The number of carbonyl (C=O) groups is 1. The number of hydrogen-bond acceptors (Lipinski definition) is 4. The SMILES string of the molecule is O=C(SCCN1CCN(Cc2ccccc2)CC1)c1ccccc1. The quantitative estimate of drug-likeness (QED) is 0.804. The molecule has 1 aliphatic rings. The Morgan fingerprint density at radius 3 is 2.08 bits per heavy atom. The minimum Gasteiger partial charge on any atom is -0.300 e. The standard InChI is InChI=1S/C20H24N2OS/c23-20(19-9-5-2-6-10-19)24-16-15-21-11-13-22(14-12-21)17-18-7-3-1-4-8-18/h1-10H,11-17H2. The third-order valence-corrected chi connectivity index (χ3v) is 5.25. The molecule has 0 spiro atoms. The molecule has 0 amide bonds. The molecule has 3 rings (SSSR count). The summed E-state index contributed by atoms with van der Waals surface area (Å²) < 4.78 is 0. The number of carbonyl (C=O) groups excluding carboxylic acids is 1. The maximum absolute atomic E-state index is 12.1. The van der Waals surface area contributed by atoms with Crippen LogP contribution in [0.3, 0.4) is 0 Å². The Hall–Kier alpha value is -1.62. The van der Waals surface area contributed by atoms with Crippen molar-refractivity contribution in [2.24, 2.45) is 0 Å². The summed E-state index contributed by atoms with van der Waals surface area (Å²) in [6.45, 7) is 6.41. The first-order chi connectivity index (χ1) is 11.8. The molecule has 1 fully saturated rings. The van der Waals surface area contributed by atoms with Gasteiger partial charge in [-0.3, -0.25) is 14.6 Å². The monoisotopic (exact) mass is 340 g/mol. The lowest BCUT2D eigenvalue weighted by molar-refractivity contribution is 0.108. The van der Waals surface area contributed by atoms with Crippen molar-refractivity contribution in [3.8, 4) is 0 Å². The number of hydrogen-bond donors (Lipinski definition) is 0. The van der Waals surface area contributed by atoms with Crippen LogP contribution in [0, 0.1) is 0 Å². The van der Waals surface area contributed by atoms with Gasteiger partial charge in [-0.2, -0.15) is 0 Å². The van der Waals surface area contributed by atoms with Crippen LogP contribution in [0.1, 0.15) is 15.9 Å². The molecular weight excluding hydrogens is 316 g/mol. The molecule has 1 heterocycles. The molecule has 1 saturated heterocycles. The molecule has 1 aliphatic heterocycles. The Kier molecular flexibility index (Phi) is 6.47. The first-order valence-electron chi connectivity index (χ1n) is 8.52. The fourth-order valence-electron chi connectivity index (χ4n) is 2.94. The van der Waals surface area contributed by atoms with E-state index in [0.717, 1.165) is 50.6 Å². The zero-order valence-corrected chi connectivity index (χ0v) is 14.8. The van der Waals surface area contributed by atoms with Gasteiger partial charge in [-0.1, -0.05) is 72.4 Å². The van der Waals surface area contributed by atoms with E-state index in [1.54, 1.807) is 0 Å². The van der Waals surface area contributed by atoms with E-state index in [9.17, 15) is 4.79 Å². The average Bonchev–Trinajstić information content (AvgIpc) is 2.65. The highest BCUT2D eigenvalue weighted by atomic mass is 32.2. The van der Waals surface area contributed by atoms with E-state index >= 15 is 0 Å². The molecule has 0 saturated carbocycles. The van der Waals surface area contributed by atoms with Crippen molar-refractivity contribution in [3.63, 3.8) is 0 Å². The van der Waals surface area contributed by atoms with Crippen molar-refractivity contribution >= 4 is 16.9 Å². The summed E-state index contributed by atoms with van der Waals surface area (Å²) in [5, 5.41) is 0.179. The highest BCUT2D eigenvalue weighted by molar-refractivity contribution is 8.14. The van der Waals surface area contributed by atoms with Crippen molar-refractivity contribution in [2.45, 2.75) is 6.54 Å². The van der Waals surface area contributed by atoms with Gasteiger partial charge < -0.3 is 0 Å². The van der Waals surface area contributed by atoms with E-state index in [1.165, 1.54) is 17.3 Å². The van der Waals surface area contributed by atoms with Crippen molar-refractivity contribution < 1.29 is 4.79 Å². The lowest BCUT2D eigenvalue weighted by Gasteiger charge is -2.34. The molecule has 0 radical (unpaired) electrons. The summed E-state index contributed by atoms with van der Waals surface area (Å²) in [6.07, 6.45) is 0. The molecule has 3 nitrogen and oxygen atoms in total. The molecular formula is C20H24N2OS. The number of benzene rings is 2. The van der Waals surface area contributed by atoms with Gasteiger partial charge in [-0.05, 0) is 5.56 Å². The van der Waals surface area contributed by atoms with E-state index < -0.39 is 0 Å². The lowest BCUT2D eigenvalue weighted by atomic mass is 10.2. The van der Waals surface area contributed by atoms with Crippen LogP contribution >= 0.6 is 11.8 Å². The Balaban J connectivity index is 1.35. The summed E-state index contributed by atoms with van der Waals surface area (Å²) in [4.78, 5) is 17.1. The minimum absolute atomic E-state index is 0.179. The summed E-state index contributed by atoms with van der Waals surface area (Å²) in [5.74, 6) is 0.867. The number of rotatable bonds is 6. The van der Waals surface area contributed by atoms with Crippen molar-refractivity contribution in [2.75, 3.05) is 38.5 Å². The first kappa shape index (κ1) is 17.2. The van der Waals surface area contributed by atoms with E-state index in [0.29, 0.717) is 0 Å². The van der Waals surface area contributed by atoms with Gasteiger partial charge in [0.1, 0.15) is 0 Å². The Labute approximate surface area is 148 Å². The Morgan fingerprint density at radius 1 is 0.833 bits per heavy atom. The van der Waals surface area contributed by atoms with E-state index in [1.807, 2.05) is 30.3 Å². The van der Waals surface area contributed by atoms with Gasteiger partial charge in [0.25, 0.3) is 0 Å². The summed E-state index contributed by atoms with van der Waals surface area (Å²) >= 11 is 1.43. The molecule has 4 heteroatoms. The second-order valence-corrected chi connectivity index (χ2v) is 7.17. The molecule has 0 aromatic heterocycles. The van der Waals surface area contributed by atoms with Gasteiger partial charge in [0.05, 0.1) is 0 Å². The third-order valence-electron chi connectivity index (χ3n) is 4.36. The molecule has 2 aromatic rings. The van der Waals surface area contributed by atoms with Gasteiger partial charge in [-0.15, -0.1) is 0 Å². The fraction of sp³-hybridized carbons (Fsp3) is 0.350. The van der Waals surface area contributed by atoms with Crippen LogP contribution in [-0.2, 0) is 6.54 Å². The zero-order valence-electron chi connectivity index (χ0n) is 13.9. The van der Waals surface area contributed by atoms with Crippen molar-refractivity contribution in [3.05, 3.63) is 71.8 Å². The maximum Gasteiger partial charge on any atom is 0.219 e. The molecule has 24 heavy (non-hydrogen) atoms. The van der Waals surface area contributed by atoms with Gasteiger partial charge in [-0.25, -0.2) is 0 Å². The number of nitrogens with zero attached hydrogens (tertiary/aromatic N) is 2. The number of piperazine rings is 1. The maximum atomic E-state index is 12.1. The van der Waals surface area contributed by atoms with Crippen LogP contribution in [0.4, 0.5) is 0 Å². The molecule has 0 unspecified atom stereocenters. The van der Waals surface area contributed by atoms with Crippen molar-refractivity contribution in [1.29, 1.82) is 0 Å². The summed E-state index contributed by atoms with van der Waals surface area (Å²) in [6, 6.07) is 20.2. The van der Waals surface area contributed by atoms with Crippen LogP contribution in [0.5, 0.6) is 0 Å². The topological polar surface area (TPSA) is 23.6 Å². The number of thioether (sulfide) groups is 1. The van der Waals surface area contributed by atoms with Crippen LogP contribution in [0.25, 0.3) is 0 Å².